The lowest BCUT2D eigenvalue weighted by Crippen LogP contribution is -2.09. The van der Waals surface area contributed by atoms with Crippen LogP contribution in [0.25, 0.3) is 0 Å². The lowest BCUT2D eigenvalue weighted by molar-refractivity contribution is 0.0518. The van der Waals surface area contributed by atoms with Gasteiger partial charge in [0.2, 0.25) is 0 Å². The molecule has 1 N–H and O–H groups in total. The van der Waals surface area contributed by atoms with Gasteiger partial charge in [0.05, 0.1) is 12.9 Å². The molecule has 0 aliphatic rings. The number of ether oxygens (including phenoxy) is 1. The first-order valence-corrected chi connectivity index (χ1v) is 4.84. The molecular formula is C10H16N2O2. The third-order valence-electron chi connectivity index (χ3n) is 1.80. The topological polar surface area (TPSA) is 55.0 Å². The Balaban J connectivity index is 2.76. The summed E-state index contributed by atoms with van der Waals surface area (Å²) in [6.45, 7) is 6.35. The van der Waals surface area contributed by atoms with Crippen molar-refractivity contribution in [2.24, 2.45) is 5.92 Å². The van der Waals surface area contributed by atoms with Gasteiger partial charge in [-0.25, -0.2) is 9.78 Å². The molecule has 0 bridgehead atoms. The van der Waals surface area contributed by atoms with Crippen molar-refractivity contribution in [3.8, 4) is 0 Å². The van der Waals surface area contributed by atoms with E-state index < -0.39 is 0 Å². The quantitative estimate of drug-likeness (QED) is 0.747. The SMILES string of the molecule is CCOC(=O)c1nc[nH]c1CC(C)C. The standard InChI is InChI=1S/C10H16N2O2/c1-4-14-10(13)9-8(5-7(2)3)11-6-12-9/h6-7H,4-5H2,1-3H3,(H,11,12). The molecular weight excluding hydrogens is 180 g/mol. The summed E-state index contributed by atoms with van der Waals surface area (Å²) in [6, 6.07) is 0. The number of aromatic amines is 1. The third-order valence-corrected chi connectivity index (χ3v) is 1.80. The second-order valence-corrected chi connectivity index (χ2v) is 3.55. The van der Waals surface area contributed by atoms with E-state index >= 15 is 0 Å². The van der Waals surface area contributed by atoms with E-state index in [1.165, 1.54) is 6.33 Å². The fourth-order valence-electron chi connectivity index (χ4n) is 1.26. The van der Waals surface area contributed by atoms with Crippen LogP contribution in [-0.4, -0.2) is 22.5 Å². The molecule has 14 heavy (non-hydrogen) atoms. The number of carbonyl (C=O) groups excluding carboxylic acids is 1. The van der Waals surface area contributed by atoms with Gasteiger partial charge < -0.3 is 9.72 Å². The highest BCUT2D eigenvalue weighted by Crippen LogP contribution is 2.10. The molecule has 1 heterocycles. The fourth-order valence-corrected chi connectivity index (χ4v) is 1.26. The maximum atomic E-state index is 11.4. The van der Waals surface area contributed by atoms with E-state index in [1.807, 2.05) is 0 Å². The van der Waals surface area contributed by atoms with Crippen LogP contribution in [0.1, 0.15) is 37.0 Å². The Kier molecular flexibility index (Phi) is 3.68. The maximum absolute atomic E-state index is 11.4. The van der Waals surface area contributed by atoms with Gasteiger partial charge in [0.1, 0.15) is 0 Å². The van der Waals surface area contributed by atoms with Gasteiger partial charge in [-0.3, -0.25) is 0 Å². The van der Waals surface area contributed by atoms with Crippen LogP contribution in [-0.2, 0) is 11.2 Å². The zero-order valence-electron chi connectivity index (χ0n) is 8.83. The first kappa shape index (κ1) is 10.8. The van der Waals surface area contributed by atoms with Crippen molar-refractivity contribution in [1.82, 2.24) is 9.97 Å². The van der Waals surface area contributed by atoms with Gasteiger partial charge in [-0.05, 0) is 19.3 Å². The maximum Gasteiger partial charge on any atom is 0.358 e. The minimum absolute atomic E-state index is 0.343. The van der Waals surface area contributed by atoms with Crippen molar-refractivity contribution < 1.29 is 9.53 Å². The zero-order chi connectivity index (χ0) is 10.6. The Bertz CT molecular complexity index is 305. The summed E-state index contributed by atoms with van der Waals surface area (Å²) in [4.78, 5) is 18.3. The second-order valence-electron chi connectivity index (χ2n) is 3.55. The monoisotopic (exact) mass is 196 g/mol. The highest BCUT2D eigenvalue weighted by molar-refractivity contribution is 5.88. The van der Waals surface area contributed by atoms with E-state index in [-0.39, 0.29) is 5.97 Å². The molecule has 0 spiro atoms. The summed E-state index contributed by atoms with van der Waals surface area (Å²) in [5.41, 5.74) is 1.28. The number of hydrogen-bond donors (Lipinski definition) is 1. The molecule has 1 aromatic heterocycles. The van der Waals surface area contributed by atoms with Crippen LogP contribution < -0.4 is 0 Å². The minimum atomic E-state index is -0.343. The molecule has 0 amide bonds. The molecule has 0 atom stereocenters. The summed E-state index contributed by atoms with van der Waals surface area (Å²) in [5.74, 6) is 0.146. The molecule has 1 rings (SSSR count). The highest BCUT2D eigenvalue weighted by Gasteiger charge is 2.15. The van der Waals surface area contributed by atoms with E-state index in [0.717, 1.165) is 12.1 Å². The summed E-state index contributed by atoms with van der Waals surface area (Å²) in [5, 5.41) is 0. The van der Waals surface area contributed by atoms with Crippen LogP contribution in [0.4, 0.5) is 0 Å². The van der Waals surface area contributed by atoms with Gasteiger partial charge in [-0.1, -0.05) is 13.8 Å². The second kappa shape index (κ2) is 4.79. The average Bonchev–Trinajstić information content (AvgIpc) is 2.51. The molecule has 78 valence electrons. The summed E-state index contributed by atoms with van der Waals surface area (Å²) >= 11 is 0. The molecule has 0 fully saturated rings. The number of nitrogens with zero attached hydrogens (tertiary/aromatic N) is 1. The van der Waals surface area contributed by atoms with E-state index in [1.54, 1.807) is 6.92 Å². The number of imidazole rings is 1. The number of hydrogen-bond acceptors (Lipinski definition) is 3. The zero-order valence-corrected chi connectivity index (χ0v) is 8.83. The molecule has 4 heteroatoms. The van der Waals surface area contributed by atoms with Crippen LogP contribution in [0.5, 0.6) is 0 Å². The predicted molar refractivity (Wildman–Crippen MR) is 53.1 cm³/mol. The Morgan fingerprint density at radius 2 is 2.36 bits per heavy atom. The smallest absolute Gasteiger partial charge is 0.358 e. The molecule has 0 aromatic carbocycles. The highest BCUT2D eigenvalue weighted by atomic mass is 16.5. The number of nitrogens with one attached hydrogen (secondary N) is 1. The lowest BCUT2D eigenvalue weighted by atomic mass is 10.1. The largest absolute Gasteiger partial charge is 0.461 e. The van der Waals surface area contributed by atoms with E-state index in [4.69, 9.17) is 4.74 Å². The molecule has 0 aliphatic carbocycles. The number of carbonyl (C=O) groups is 1. The van der Waals surface area contributed by atoms with Crippen molar-refractivity contribution >= 4 is 5.97 Å². The Hall–Kier alpha value is -1.32. The first-order chi connectivity index (χ1) is 6.65. The lowest BCUT2D eigenvalue weighted by Gasteiger charge is -2.04. The average molecular weight is 196 g/mol. The van der Waals surface area contributed by atoms with Crippen LogP contribution in [0.3, 0.4) is 0 Å². The van der Waals surface area contributed by atoms with Crippen LogP contribution in [0.2, 0.25) is 0 Å². The number of rotatable bonds is 4. The predicted octanol–water partition coefficient (Wildman–Crippen LogP) is 1.78. The summed E-state index contributed by atoms with van der Waals surface area (Å²) < 4.78 is 4.89. The van der Waals surface area contributed by atoms with Crippen molar-refractivity contribution in [3.05, 3.63) is 17.7 Å². The Morgan fingerprint density at radius 1 is 1.64 bits per heavy atom. The van der Waals surface area contributed by atoms with Gasteiger partial charge in [-0.2, -0.15) is 0 Å². The van der Waals surface area contributed by atoms with Crippen LogP contribution >= 0.6 is 0 Å². The normalized spacial score (nSPS) is 10.6. The Morgan fingerprint density at radius 3 is 2.93 bits per heavy atom. The van der Waals surface area contributed by atoms with Crippen molar-refractivity contribution in [2.75, 3.05) is 6.61 Å². The fraction of sp³-hybridized carbons (Fsp3) is 0.600. The van der Waals surface area contributed by atoms with Crippen molar-refractivity contribution in [1.29, 1.82) is 0 Å². The van der Waals surface area contributed by atoms with E-state index in [0.29, 0.717) is 18.2 Å². The van der Waals surface area contributed by atoms with Gasteiger partial charge in [0, 0.05) is 5.69 Å². The van der Waals surface area contributed by atoms with Gasteiger partial charge >= 0.3 is 5.97 Å². The molecule has 0 unspecified atom stereocenters. The summed E-state index contributed by atoms with van der Waals surface area (Å²) in [6.07, 6.45) is 2.35. The molecule has 4 nitrogen and oxygen atoms in total. The molecule has 1 aromatic rings. The van der Waals surface area contributed by atoms with Crippen LogP contribution in [0.15, 0.2) is 6.33 Å². The summed E-state index contributed by atoms with van der Waals surface area (Å²) in [7, 11) is 0. The van der Waals surface area contributed by atoms with Crippen molar-refractivity contribution in [2.45, 2.75) is 27.2 Å². The molecule has 0 radical (unpaired) electrons. The minimum Gasteiger partial charge on any atom is -0.461 e. The number of aromatic nitrogens is 2. The van der Waals surface area contributed by atoms with Crippen molar-refractivity contribution in [3.63, 3.8) is 0 Å². The number of H-pyrrole nitrogens is 1. The van der Waals surface area contributed by atoms with Gasteiger partial charge in [-0.15, -0.1) is 0 Å². The van der Waals surface area contributed by atoms with Gasteiger partial charge in [0.15, 0.2) is 5.69 Å². The van der Waals surface area contributed by atoms with E-state index in [9.17, 15) is 4.79 Å². The molecule has 0 saturated heterocycles. The third kappa shape index (κ3) is 2.58. The van der Waals surface area contributed by atoms with Crippen LogP contribution in [0, 0.1) is 5.92 Å². The Labute approximate surface area is 83.7 Å². The van der Waals surface area contributed by atoms with Gasteiger partial charge in [0.25, 0.3) is 0 Å². The number of esters is 1. The molecule has 0 aliphatic heterocycles. The van der Waals surface area contributed by atoms with E-state index in [2.05, 4.69) is 23.8 Å². The molecule has 0 saturated carbocycles. The first-order valence-electron chi connectivity index (χ1n) is 4.84.